The second kappa shape index (κ2) is 5.80. The first-order valence-corrected chi connectivity index (χ1v) is 7.70. The Balaban J connectivity index is 2.18. The van der Waals surface area contributed by atoms with Crippen LogP contribution in [0, 0.1) is 5.41 Å². The third-order valence-electron chi connectivity index (χ3n) is 4.16. The van der Waals surface area contributed by atoms with Gasteiger partial charge in [0.25, 0.3) is 0 Å². The van der Waals surface area contributed by atoms with Crippen molar-refractivity contribution in [3.8, 4) is 0 Å². The highest BCUT2D eigenvalue weighted by molar-refractivity contribution is 9.10. The van der Waals surface area contributed by atoms with E-state index in [1.165, 1.54) is 6.07 Å². The summed E-state index contributed by atoms with van der Waals surface area (Å²) < 4.78 is 45.3. The number of nitrogens with one attached hydrogen (secondary N) is 1. The van der Waals surface area contributed by atoms with E-state index in [1.54, 1.807) is 6.07 Å². The molecule has 118 valence electrons. The molecule has 1 saturated carbocycles. The van der Waals surface area contributed by atoms with Crippen molar-refractivity contribution in [3.63, 3.8) is 0 Å². The minimum Gasteiger partial charge on any atom is -0.381 e. The smallest absolute Gasteiger partial charge is 0.381 e. The summed E-state index contributed by atoms with van der Waals surface area (Å²) in [6, 6.07) is 4.16. The molecule has 1 aliphatic rings. The summed E-state index contributed by atoms with van der Waals surface area (Å²) in [4.78, 5) is 0. The van der Waals surface area contributed by atoms with Crippen molar-refractivity contribution in [2.75, 3.05) is 11.9 Å². The highest BCUT2D eigenvalue weighted by Crippen LogP contribution is 2.46. The van der Waals surface area contributed by atoms with Gasteiger partial charge in [-0.25, -0.2) is 0 Å². The number of hydrogen-bond donors (Lipinski definition) is 1. The third-order valence-corrected chi connectivity index (χ3v) is 4.66. The Morgan fingerprint density at radius 1 is 1.38 bits per heavy atom. The molecule has 1 aromatic carbocycles. The maximum Gasteiger partial charge on any atom is 0.418 e. The zero-order chi connectivity index (χ0) is 15.8. The van der Waals surface area contributed by atoms with Gasteiger partial charge in [-0.15, -0.1) is 0 Å². The maximum atomic E-state index is 13.1. The van der Waals surface area contributed by atoms with Crippen LogP contribution in [0.5, 0.6) is 0 Å². The summed E-state index contributed by atoms with van der Waals surface area (Å²) in [7, 11) is 0. The van der Waals surface area contributed by atoms with Gasteiger partial charge >= 0.3 is 6.18 Å². The number of hydrogen-bond acceptors (Lipinski definition) is 2. The van der Waals surface area contributed by atoms with E-state index >= 15 is 0 Å². The van der Waals surface area contributed by atoms with Gasteiger partial charge < -0.3 is 10.1 Å². The van der Waals surface area contributed by atoms with Gasteiger partial charge in [0.05, 0.1) is 11.7 Å². The predicted octanol–water partition coefficient (Wildman–Crippen LogP) is 5.08. The molecule has 1 fully saturated rings. The molecule has 0 aromatic heterocycles. The van der Waals surface area contributed by atoms with Crippen molar-refractivity contribution in [3.05, 3.63) is 28.2 Å². The maximum absolute atomic E-state index is 13.1. The molecule has 2 nitrogen and oxygen atoms in total. The van der Waals surface area contributed by atoms with Gasteiger partial charge in [-0.2, -0.15) is 13.2 Å². The first kappa shape index (κ1) is 16.6. The summed E-state index contributed by atoms with van der Waals surface area (Å²) >= 11 is 3.09. The van der Waals surface area contributed by atoms with Gasteiger partial charge in [-0.1, -0.05) is 29.8 Å². The lowest BCUT2D eigenvalue weighted by atomic mass is 9.64. The molecule has 0 bridgehead atoms. The molecule has 2 atom stereocenters. The minimum absolute atomic E-state index is 0.0312. The second-order valence-corrected chi connectivity index (χ2v) is 6.80. The first-order valence-electron chi connectivity index (χ1n) is 6.91. The van der Waals surface area contributed by atoms with E-state index in [2.05, 4.69) is 21.2 Å². The summed E-state index contributed by atoms with van der Waals surface area (Å²) in [5.74, 6) is 0. The number of alkyl halides is 3. The molecule has 0 radical (unpaired) electrons. The zero-order valence-electron chi connectivity index (χ0n) is 12.2. The first-order chi connectivity index (χ1) is 9.66. The molecule has 1 aliphatic carbocycles. The summed E-state index contributed by atoms with van der Waals surface area (Å²) in [5, 5.41) is 3.04. The Kier molecular flexibility index (Phi) is 4.59. The van der Waals surface area contributed by atoms with Gasteiger partial charge in [0, 0.05) is 28.2 Å². The average Bonchev–Trinajstić information content (AvgIpc) is 2.38. The fourth-order valence-corrected chi connectivity index (χ4v) is 3.04. The lowest BCUT2D eigenvalue weighted by molar-refractivity contribution is -0.137. The van der Waals surface area contributed by atoms with Crippen LogP contribution in [0.1, 0.15) is 32.8 Å². The third kappa shape index (κ3) is 3.37. The van der Waals surface area contributed by atoms with Crippen molar-refractivity contribution in [1.82, 2.24) is 0 Å². The van der Waals surface area contributed by atoms with Crippen molar-refractivity contribution < 1.29 is 17.9 Å². The molecule has 0 saturated heterocycles. The van der Waals surface area contributed by atoms with Crippen LogP contribution >= 0.6 is 15.9 Å². The topological polar surface area (TPSA) is 21.3 Å². The van der Waals surface area contributed by atoms with Gasteiger partial charge in [-0.05, 0) is 31.5 Å². The molecular formula is C15H19BrF3NO. The highest BCUT2D eigenvalue weighted by Gasteiger charge is 2.49. The number of halogens is 4. The fraction of sp³-hybridized carbons (Fsp3) is 0.600. The van der Waals surface area contributed by atoms with E-state index in [-0.39, 0.29) is 23.2 Å². The Morgan fingerprint density at radius 2 is 2.05 bits per heavy atom. The molecule has 0 heterocycles. The van der Waals surface area contributed by atoms with Crippen LogP contribution in [0.3, 0.4) is 0 Å². The highest BCUT2D eigenvalue weighted by atomic mass is 79.9. The molecule has 21 heavy (non-hydrogen) atoms. The van der Waals surface area contributed by atoms with E-state index in [1.807, 2.05) is 20.8 Å². The van der Waals surface area contributed by atoms with Gasteiger partial charge in [0.1, 0.15) is 0 Å². The SMILES string of the molecule is CCOC1CC(Nc2ccc(Br)cc2C(F)(F)F)C1(C)C. The average molecular weight is 366 g/mol. The van der Waals surface area contributed by atoms with Crippen molar-refractivity contribution >= 4 is 21.6 Å². The van der Waals surface area contributed by atoms with Crippen LogP contribution in [0.15, 0.2) is 22.7 Å². The summed E-state index contributed by atoms with van der Waals surface area (Å²) in [6.45, 7) is 6.57. The Bertz CT molecular complexity index is 516. The van der Waals surface area contributed by atoms with Crippen molar-refractivity contribution in [1.29, 1.82) is 0 Å². The molecule has 6 heteroatoms. The monoisotopic (exact) mass is 365 g/mol. The van der Waals surface area contributed by atoms with Gasteiger partial charge in [0.2, 0.25) is 0 Å². The van der Waals surface area contributed by atoms with Gasteiger partial charge in [0.15, 0.2) is 0 Å². The van der Waals surface area contributed by atoms with Crippen molar-refractivity contribution in [2.45, 2.75) is 45.5 Å². The molecule has 0 spiro atoms. The summed E-state index contributed by atoms with van der Waals surface area (Å²) in [5.41, 5.74) is -0.711. The molecule has 0 amide bonds. The Hall–Kier alpha value is -0.750. The number of anilines is 1. The van der Waals surface area contributed by atoms with E-state index in [9.17, 15) is 13.2 Å². The lowest BCUT2D eigenvalue weighted by Gasteiger charge is -2.52. The normalized spacial score (nSPS) is 24.5. The molecule has 1 aromatic rings. The Morgan fingerprint density at radius 3 is 2.57 bits per heavy atom. The van der Waals surface area contributed by atoms with Crippen LogP contribution in [0.25, 0.3) is 0 Å². The molecule has 0 aliphatic heterocycles. The Labute approximate surface area is 131 Å². The van der Waals surface area contributed by atoms with Crippen LogP contribution in [0.2, 0.25) is 0 Å². The van der Waals surface area contributed by atoms with Crippen LogP contribution in [-0.4, -0.2) is 18.8 Å². The molecular weight excluding hydrogens is 347 g/mol. The van der Waals surface area contributed by atoms with E-state index in [0.29, 0.717) is 17.5 Å². The molecule has 2 rings (SSSR count). The van der Waals surface area contributed by atoms with Crippen LogP contribution in [0.4, 0.5) is 18.9 Å². The molecule has 1 N–H and O–H groups in total. The van der Waals surface area contributed by atoms with Gasteiger partial charge in [-0.3, -0.25) is 0 Å². The number of benzene rings is 1. The quantitative estimate of drug-likeness (QED) is 0.802. The predicted molar refractivity (Wildman–Crippen MR) is 80.4 cm³/mol. The molecule has 2 unspecified atom stereocenters. The second-order valence-electron chi connectivity index (χ2n) is 5.89. The summed E-state index contributed by atoms with van der Waals surface area (Å²) in [6.07, 6.45) is -3.57. The van der Waals surface area contributed by atoms with Crippen LogP contribution in [-0.2, 0) is 10.9 Å². The minimum atomic E-state index is -4.38. The van der Waals surface area contributed by atoms with Crippen LogP contribution < -0.4 is 5.32 Å². The standard InChI is InChI=1S/C15H19BrF3NO/c1-4-21-13-8-12(14(13,2)3)20-11-6-5-9(16)7-10(11)15(17,18)19/h5-7,12-13,20H,4,8H2,1-3H3. The largest absolute Gasteiger partial charge is 0.418 e. The number of rotatable bonds is 4. The van der Waals surface area contributed by atoms with E-state index < -0.39 is 11.7 Å². The number of ether oxygens (including phenoxy) is 1. The van der Waals surface area contributed by atoms with E-state index in [0.717, 1.165) is 6.07 Å². The zero-order valence-corrected chi connectivity index (χ0v) is 13.8. The fourth-order valence-electron chi connectivity index (χ4n) is 2.68. The van der Waals surface area contributed by atoms with Crippen molar-refractivity contribution in [2.24, 2.45) is 5.41 Å². The lowest BCUT2D eigenvalue weighted by Crippen LogP contribution is -2.58. The van der Waals surface area contributed by atoms with E-state index in [4.69, 9.17) is 4.74 Å².